The molecule has 1 aliphatic heterocycles. The Bertz CT molecular complexity index is 1180. The van der Waals surface area contributed by atoms with Crippen molar-refractivity contribution in [3.63, 3.8) is 0 Å². The van der Waals surface area contributed by atoms with Crippen LogP contribution in [0.1, 0.15) is 27.7 Å². The number of benzene rings is 3. The van der Waals surface area contributed by atoms with Gasteiger partial charge in [-0.1, -0.05) is 30.3 Å². The van der Waals surface area contributed by atoms with Crippen LogP contribution in [0.15, 0.2) is 71.1 Å². The summed E-state index contributed by atoms with van der Waals surface area (Å²) >= 11 is 0. The van der Waals surface area contributed by atoms with Crippen molar-refractivity contribution in [1.29, 1.82) is 0 Å². The van der Waals surface area contributed by atoms with Crippen LogP contribution in [-0.2, 0) is 0 Å². The van der Waals surface area contributed by atoms with E-state index in [4.69, 9.17) is 4.42 Å². The Morgan fingerprint density at radius 3 is 2.20 bits per heavy atom. The van der Waals surface area contributed by atoms with E-state index >= 15 is 0 Å². The predicted molar refractivity (Wildman–Crippen MR) is 128 cm³/mol. The smallest absolute Gasteiger partial charge is 0.203 e. The van der Waals surface area contributed by atoms with Gasteiger partial charge in [-0.3, -0.25) is 0 Å². The van der Waals surface area contributed by atoms with E-state index in [-0.39, 0.29) is 0 Å². The van der Waals surface area contributed by atoms with E-state index in [0.29, 0.717) is 0 Å². The summed E-state index contributed by atoms with van der Waals surface area (Å²) in [5.74, 6) is 0.933. The van der Waals surface area contributed by atoms with Crippen LogP contribution in [0, 0.1) is 0 Å². The van der Waals surface area contributed by atoms with E-state index in [1.807, 2.05) is 0 Å². The maximum Gasteiger partial charge on any atom is 0.203 e. The summed E-state index contributed by atoms with van der Waals surface area (Å²) in [4.78, 5) is 2.35. The van der Waals surface area contributed by atoms with Crippen LogP contribution in [0.2, 0.25) is 0 Å². The van der Waals surface area contributed by atoms with E-state index in [2.05, 4.69) is 104 Å². The highest BCUT2D eigenvalue weighted by Gasteiger charge is 2.19. The molecule has 30 heavy (non-hydrogen) atoms. The minimum Gasteiger partial charge on any atom is -0.456 e. The van der Waals surface area contributed by atoms with E-state index in [0.717, 1.165) is 48.5 Å². The fraction of sp³-hybridized carbons (Fsp3) is 0.296. The quantitative estimate of drug-likeness (QED) is 0.299. The normalized spacial score (nSPS) is 11.2. The first-order valence-corrected chi connectivity index (χ1v) is 11.1. The van der Waals surface area contributed by atoms with Gasteiger partial charge in [0, 0.05) is 47.4 Å². The molecule has 3 nitrogen and oxygen atoms in total. The highest BCUT2D eigenvalue weighted by atomic mass is 16.3. The molecule has 1 heterocycles. The molecule has 0 unspecified atom stereocenters. The molecule has 0 fully saturated rings. The maximum absolute atomic E-state index is 6.51. The molecule has 3 heteroatoms. The molecule has 4 rings (SSSR count). The van der Waals surface area contributed by atoms with Crippen LogP contribution in [-0.4, -0.2) is 26.2 Å². The Kier molecular flexibility index (Phi) is 5.89. The molecule has 2 aromatic carbocycles. The SMILES string of the molecule is CCN(CC)c1ccc2c(-c3ccccc3)c3ccc(=[N+](CC)CC)cc-3oc2c1. The molecule has 0 saturated carbocycles. The zero-order valence-electron chi connectivity index (χ0n) is 18.5. The molecular weight excluding hydrogens is 368 g/mol. The molecule has 0 spiro atoms. The topological polar surface area (TPSA) is 19.4 Å². The number of anilines is 1. The van der Waals surface area contributed by atoms with Crippen molar-refractivity contribution in [2.45, 2.75) is 27.7 Å². The van der Waals surface area contributed by atoms with Crippen molar-refractivity contribution in [3.8, 4) is 22.5 Å². The van der Waals surface area contributed by atoms with E-state index in [1.54, 1.807) is 0 Å². The molecule has 0 aromatic heterocycles. The number of nitrogens with zero attached hydrogens (tertiary/aromatic N) is 2. The molecule has 0 amide bonds. The van der Waals surface area contributed by atoms with Crippen LogP contribution >= 0.6 is 0 Å². The van der Waals surface area contributed by atoms with Crippen LogP contribution < -0.4 is 14.8 Å². The highest BCUT2D eigenvalue weighted by molar-refractivity contribution is 6.02. The van der Waals surface area contributed by atoms with Crippen molar-refractivity contribution in [3.05, 3.63) is 72.1 Å². The number of rotatable bonds is 6. The largest absolute Gasteiger partial charge is 0.456 e. The van der Waals surface area contributed by atoms with Gasteiger partial charge in [0.15, 0.2) is 0 Å². The van der Waals surface area contributed by atoms with Crippen LogP contribution in [0.3, 0.4) is 0 Å². The highest BCUT2D eigenvalue weighted by Crippen LogP contribution is 2.40. The standard InChI is InChI=1S/C27H31N2O/c1-5-28(6-2)21-14-16-23-25(18-21)30-26-19-22(29(7-3)8-4)15-17-24(26)27(23)20-12-10-9-11-13-20/h9-19H,5-8H2,1-4H3/q+1. The first-order valence-electron chi connectivity index (χ1n) is 11.1. The number of fused-ring (bicyclic) bond motifs is 2. The summed E-state index contributed by atoms with van der Waals surface area (Å²) in [6.07, 6.45) is 0. The molecule has 0 radical (unpaired) electrons. The number of hydrogen-bond acceptors (Lipinski definition) is 2. The third-order valence-corrected chi connectivity index (χ3v) is 6.01. The minimum atomic E-state index is 0.933. The second kappa shape index (κ2) is 8.74. The summed E-state index contributed by atoms with van der Waals surface area (Å²) in [5.41, 5.74) is 5.75. The van der Waals surface area contributed by atoms with Crippen molar-refractivity contribution in [2.24, 2.45) is 0 Å². The van der Waals surface area contributed by atoms with Gasteiger partial charge < -0.3 is 9.32 Å². The second-order valence-corrected chi connectivity index (χ2v) is 7.55. The van der Waals surface area contributed by atoms with Crippen LogP contribution in [0.4, 0.5) is 5.69 Å². The lowest BCUT2D eigenvalue weighted by molar-refractivity contribution is 0.604. The van der Waals surface area contributed by atoms with Crippen LogP contribution in [0.5, 0.6) is 0 Å². The molecule has 154 valence electrons. The lowest BCUT2D eigenvalue weighted by Crippen LogP contribution is -2.29. The van der Waals surface area contributed by atoms with Crippen molar-refractivity contribution in [2.75, 3.05) is 31.1 Å². The zero-order chi connectivity index (χ0) is 21.1. The maximum atomic E-state index is 6.51. The monoisotopic (exact) mass is 399 g/mol. The fourth-order valence-electron chi connectivity index (χ4n) is 4.35. The first-order chi connectivity index (χ1) is 14.7. The van der Waals surface area contributed by atoms with Gasteiger partial charge in [-0.15, -0.1) is 0 Å². The van der Waals surface area contributed by atoms with Crippen molar-refractivity contribution < 1.29 is 4.42 Å². The van der Waals surface area contributed by atoms with E-state index < -0.39 is 0 Å². The summed E-state index contributed by atoms with van der Waals surface area (Å²) in [6, 6.07) is 23.9. The Morgan fingerprint density at radius 1 is 0.800 bits per heavy atom. The summed E-state index contributed by atoms with van der Waals surface area (Å²) < 4.78 is 8.87. The Labute approximate surface area is 179 Å². The van der Waals surface area contributed by atoms with Gasteiger partial charge in [-0.05, 0) is 51.5 Å². The second-order valence-electron chi connectivity index (χ2n) is 7.55. The van der Waals surface area contributed by atoms with Crippen LogP contribution in [0.25, 0.3) is 33.4 Å². The lowest BCUT2D eigenvalue weighted by Gasteiger charge is -2.22. The van der Waals surface area contributed by atoms with E-state index in [9.17, 15) is 0 Å². The van der Waals surface area contributed by atoms with Gasteiger partial charge in [0.1, 0.15) is 24.4 Å². The minimum absolute atomic E-state index is 0.933. The average molecular weight is 400 g/mol. The van der Waals surface area contributed by atoms with Gasteiger partial charge in [-0.2, -0.15) is 0 Å². The number of hydrogen-bond donors (Lipinski definition) is 0. The first kappa shape index (κ1) is 20.2. The molecule has 2 aromatic rings. The molecule has 0 N–H and O–H groups in total. The van der Waals surface area contributed by atoms with Gasteiger partial charge in [-0.25, -0.2) is 4.58 Å². The van der Waals surface area contributed by atoms with Gasteiger partial charge in [0.05, 0.1) is 6.07 Å². The van der Waals surface area contributed by atoms with Crippen molar-refractivity contribution >= 4 is 16.7 Å². The summed E-state index contributed by atoms with van der Waals surface area (Å²) in [7, 11) is 0. The lowest BCUT2D eigenvalue weighted by atomic mass is 9.93. The summed E-state index contributed by atoms with van der Waals surface area (Å²) in [6.45, 7) is 12.7. The van der Waals surface area contributed by atoms with Gasteiger partial charge in [0.2, 0.25) is 5.36 Å². The molecule has 1 aliphatic carbocycles. The van der Waals surface area contributed by atoms with E-state index in [1.165, 1.54) is 22.2 Å². The Balaban J connectivity index is 2.08. The molecule has 0 bridgehead atoms. The third-order valence-electron chi connectivity index (χ3n) is 6.01. The predicted octanol–water partition coefficient (Wildman–Crippen LogP) is 5.86. The summed E-state index contributed by atoms with van der Waals surface area (Å²) in [5, 5.41) is 2.36. The van der Waals surface area contributed by atoms with Crippen molar-refractivity contribution in [1.82, 2.24) is 4.58 Å². The fourth-order valence-corrected chi connectivity index (χ4v) is 4.35. The molecular formula is C27H31N2O+. The van der Waals surface area contributed by atoms with Gasteiger partial charge >= 0.3 is 0 Å². The molecule has 2 aliphatic rings. The Hall–Kier alpha value is -3.07. The zero-order valence-corrected chi connectivity index (χ0v) is 18.5. The molecule has 0 atom stereocenters. The molecule has 0 saturated heterocycles. The third kappa shape index (κ3) is 3.60. The Morgan fingerprint density at radius 2 is 1.53 bits per heavy atom. The van der Waals surface area contributed by atoms with Gasteiger partial charge in [0.25, 0.3) is 0 Å². The average Bonchev–Trinajstić information content (AvgIpc) is 2.79.